The predicted molar refractivity (Wildman–Crippen MR) is 104 cm³/mol. The Morgan fingerprint density at radius 2 is 1.87 bits per heavy atom. The summed E-state index contributed by atoms with van der Waals surface area (Å²) in [7, 11) is 0. The Hall–Kier alpha value is -2.93. The first kappa shape index (κ1) is 21.8. The van der Waals surface area contributed by atoms with Gasteiger partial charge in [0.05, 0.1) is 17.9 Å². The summed E-state index contributed by atoms with van der Waals surface area (Å²) in [5, 5.41) is 25.8. The summed E-state index contributed by atoms with van der Waals surface area (Å²) in [5.41, 5.74) is -1.54. The molecule has 160 valence electrons. The molecule has 3 N–H and O–H groups in total. The zero-order chi connectivity index (χ0) is 22.3. The third-order valence-electron chi connectivity index (χ3n) is 5.73. The van der Waals surface area contributed by atoms with Gasteiger partial charge < -0.3 is 15.7 Å². The van der Waals surface area contributed by atoms with Gasteiger partial charge in [0.25, 0.3) is 0 Å². The topological polar surface area (TPSA) is 107 Å². The Balaban J connectivity index is 1.82. The number of rotatable bonds is 5. The van der Waals surface area contributed by atoms with Gasteiger partial charge in [-0.2, -0.15) is 23.4 Å². The van der Waals surface area contributed by atoms with E-state index >= 15 is 0 Å². The minimum atomic E-state index is -4.50. The quantitative estimate of drug-likeness (QED) is 0.679. The molecular formula is C20H23F3N6O. The molecule has 0 atom stereocenters. The number of nitrogens with one attached hydrogen (secondary N) is 2. The molecule has 10 heteroatoms. The van der Waals surface area contributed by atoms with Crippen molar-refractivity contribution >= 4 is 11.8 Å². The minimum Gasteiger partial charge on any atom is -0.392 e. The van der Waals surface area contributed by atoms with E-state index in [2.05, 4.69) is 25.6 Å². The molecule has 0 aliphatic heterocycles. The maximum Gasteiger partial charge on any atom is 0.416 e. The lowest BCUT2D eigenvalue weighted by molar-refractivity contribution is -0.163. The number of halogens is 3. The molecule has 30 heavy (non-hydrogen) atoms. The first-order chi connectivity index (χ1) is 13.9. The monoisotopic (exact) mass is 420 g/mol. The van der Waals surface area contributed by atoms with Crippen LogP contribution in [0.15, 0.2) is 24.7 Å². The molecule has 7 nitrogen and oxygen atoms in total. The van der Waals surface area contributed by atoms with E-state index in [0.717, 1.165) is 18.5 Å². The summed E-state index contributed by atoms with van der Waals surface area (Å²) < 4.78 is 39.4. The van der Waals surface area contributed by atoms with Crippen LogP contribution in [0, 0.1) is 22.2 Å². The number of hydrogen-bond acceptors (Lipinski definition) is 7. The Kier molecular flexibility index (Phi) is 5.37. The Bertz CT molecular complexity index is 967. The molecule has 0 aromatic carbocycles. The Morgan fingerprint density at radius 3 is 2.47 bits per heavy atom. The second-order valence-corrected chi connectivity index (χ2v) is 8.57. The highest BCUT2D eigenvalue weighted by atomic mass is 19.4. The Labute approximate surface area is 172 Å². The van der Waals surface area contributed by atoms with Crippen LogP contribution in [0.1, 0.15) is 44.4 Å². The summed E-state index contributed by atoms with van der Waals surface area (Å²) in [6, 6.07) is 2.75. The largest absolute Gasteiger partial charge is 0.416 e. The van der Waals surface area contributed by atoms with Gasteiger partial charge in [0, 0.05) is 41.4 Å². The Morgan fingerprint density at radius 1 is 1.20 bits per heavy atom. The molecule has 1 aliphatic rings. The highest BCUT2D eigenvalue weighted by Gasteiger charge is 2.61. The van der Waals surface area contributed by atoms with E-state index in [-0.39, 0.29) is 35.5 Å². The number of nitriles is 1. The van der Waals surface area contributed by atoms with Gasteiger partial charge in [-0.05, 0) is 6.07 Å². The van der Waals surface area contributed by atoms with Crippen LogP contribution in [0.2, 0.25) is 0 Å². The van der Waals surface area contributed by atoms with Gasteiger partial charge in [-0.1, -0.05) is 27.7 Å². The van der Waals surface area contributed by atoms with Crippen LogP contribution < -0.4 is 10.6 Å². The van der Waals surface area contributed by atoms with Crippen LogP contribution in [0.4, 0.5) is 24.9 Å². The van der Waals surface area contributed by atoms with Gasteiger partial charge in [0.15, 0.2) is 0 Å². The number of alkyl halides is 3. The van der Waals surface area contributed by atoms with Gasteiger partial charge in [0.2, 0.25) is 5.95 Å². The van der Waals surface area contributed by atoms with E-state index in [9.17, 15) is 23.5 Å². The zero-order valence-electron chi connectivity index (χ0n) is 17.0. The van der Waals surface area contributed by atoms with Crippen LogP contribution >= 0.6 is 0 Å². The standard InChI is InChI=1S/C20H23F3N6O/c1-18(2)15(19(3,4)16(18)30)28-14-11(7-24)9-26-17(29-14)27-10-12-8-25-6-5-13(12)20(21,22)23/h5-6,8-9,15-16,30H,10H2,1-4H3,(H2,26,27,28,29). The lowest BCUT2D eigenvalue weighted by Gasteiger charge is -2.62. The van der Waals surface area contributed by atoms with Gasteiger partial charge in [0.1, 0.15) is 17.5 Å². The number of aliphatic hydroxyl groups excluding tert-OH is 1. The number of pyridine rings is 1. The van der Waals surface area contributed by atoms with E-state index in [4.69, 9.17) is 0 Å². The molecule has 1 saturated carbocycles. The van der Waals surface area contributed by atoms with Crippen molar-refractivity contribution in [1.82, 2.24) is 15.0 Å². The third kappa shape index (κ3) is 3.77. The van der Waals surface area contributed by atoms with Crippen molar-refractivity contribution in [2.75, 3.05) is 10.6 Å². The van der Waals surface area contributed by atoms with Crippen molar-refractivity contribution in [3.8, 4) is 6.07 Å². The fourth-order valence-corrected chi connectivity index (χ4v) is 4.32. The van der Waals surface area contributed by atoms with Gasteiger partial charge in [-0.25, -0.2) is 4.98 Å². The molecule has 2 aromatic heterocycles. The molecule has 0 saturated heterocycles. The maximum absolute atomic E-state index is 13.1. The first-order valence-electron chi connectivity index (χ1n) is 9.34. The lowest BCUT2D eigenvalue weighted by Crippen LogP contribution is -2.70. The number of hydrogen-bond donors (Lipinski definition) is 3. The molecular weight excluding hydrogens is 397 g/mol. The second-order valence-electron chi connectivity index (χ2n) is 8.57. The van der Waals surface area contributed by atoms with Gasteiger partial charge >= 0.3 is 6.18 Å². The predicted octanol–water partition coefficient (Wildman–Crippen LogP) is 3.58. The molecule has 0 amide bonds. The van der Waals surface area contributed by atoms with Gasteiger partial charge in [-0.15, -0.1) is 0 Å². The average molecular weight is 420 g/mol. The fourth-order valence-electron chi connectivity index (χ4n) is 4.32. The summed E-state index contributed by atoms with van der Waals surface area (Å²) >= 11 is 0. The van der Waals surface area contributed by atoms with E-state index < -0.39 is 28.7 Å². The van der Waals surface area contributed by atoms with Crippen molar-refractivity contribution in [1.29, 1.82) is 5.26 Å². The van der Waals surface area contributed by atoms with Crippen molar-refractivity contribution in [3.63, 3.8) is 0 Å². The highest BCUT2D eigenvalue weighted by molar-refractivity contribution is 5.55. The van der Waals surface area contributed by atoms with E-state index in [0.29, 0.717) is 0 Å². The maximum atomic E-state index is 13.1. The second kappa shape index (κ2) is 7.40. The average Bonchev–Trinajstić information content (AvgIpc) is 2.69. The SMILES string of the molecule is CC1(C)C(O)C(C)(C)C1Nc1nc(NCc2cnccc2C(F)(F)F)ncc1C#N. The number of nitrogens with zero attached hydrogens (tertiary/aromatic N) is 4. The molecule has 0 spiro atoms. The van der Waals surface area contributed by atoms with E-state index in [1.807, 2.05) is 33.8 Å². The molecule has 0 bridgehead atoms. The molecule has 0 radical (unpaired) electrons. The summed E-state index contributed by atoms with van der Waals surface area (Å²) in [6.45, 7) is 7.46. The van der Waals surface area contributed by atoms with Crippen LogP contribution in [-0.2, 0) is 12.7 Å². The zero-order valence-corrected chi connectivity index (χ0v) is 17.0. The smallest absolute Gasteiger partial charge is 0.392 e. The first-order valence-corrected chi connectivity index (χ1v) is 9.34. The third-order valence-corrected chi connectivity index (χ3v) is 5.73. The van der Waals surface area contributed by atoms with Crippen LogP contribution in [-0.4, -0.2) is 32.2 Å². The normalized spacial score (nSPS) is 22.0. The molecule has 3 rings (SSSR count). The lowest BCUT2D eigenvalue weighted by atomic mass is 9.49. The van der Waals surface area contributed by atoms with Crippen LogP contribution in [0.3, 0.4) is 0 Å². The van der Waals surface area contributed by atoms with Gasteiger partial charge in [-0.3, -0.25) is 4.98 Å². The molecule has 0 unspecified atom stereocenters. The summed E-state index contributed by atoms with van der Waals surface area (Å²) in [4.78, 5) is 12.1. The van der Waals surface area contributed by atoms with Crippen LogP contribution in [0.25, 0.3) is 0 Å². The number of anilines is 2. The molecule has 2 aromatic rings. The number of aliphatic hydroxyl groups is 1. The fraction of sp³-hybridized carbons (Fsp3) is 0.500. The minimum absolute atomic E-state index is 0.0446. The summed E-state index contributed by atoms with van der Waals surface area (Å²) in [6.07, 6.45) is -1.51. The number of aromatic nitrogens is 3. The van der Waals surface area contributed by atoms with E-state index in [1.54, 1.807) is 0 Å². The highest BCUT2D eigenvalue weighted by Crippen LogP contribution is 2.54. The summed E-state index contributed by atoms with van der Waals surface area (Å²) in [5.74, 6) is 0.333. The van der Waals surface area contributed by atoms with Crippen molar-refractivity contribution in [2.24, 2.45) is 10.8 Å². The molecule has 2 heterocycles. The van der Waals surface area contributed by atoms with E-state index in [1.165, 1.54) is 6.20 Å². The van der Waals surface area contributed by atoms with Crippen molar-refractivity contribution < 1.29 is 18.3 Å². The van der Waals surface area contributed by atoms with Crippen molar-refractivity contribution in [3.05, 3.63) is 41.3 Å². The molecule has 1 fully saturated rings. The van der Waals surface area contributed by atoms with Crippen molar-refractivity contribution in [2.45, 2.75) is 52.6 Å². The molecule has 1 aliphatic carbocycles. The van der Waals surface area contributed by atoms with Crippen LogP contribution in [0.5, 0.6) is 0 Å².